The number of benzene rings is 2. The molecule has 4 rings (SSSR count). The number of aliphatic imine (C=N–C) groups is 1. The number of fused-ring (bicyclic) bond motifs is 1. The molecule has 124 valence electrons. The number of carbonyl (C=O) groups is 1. The highest BCUT2D eigenvalue weighted by Crippen LogP contribution is 2.31. The average molecular weight is 369 g/mol. The predicted octanol–water partition coefficient (Wildman–Crippen LogP) is 4.12. The fourth-order valence-electron chi connectivity index (χ4n) is 2.52. The Kier molecular flexibility index (Phi) is 4.07. The van der Waals surface area contributed by atoms with E-state index < -0.39 is 0 Å². The molecular weight excluding hydrogens is 356 g/mol. The third-order valence-electron chi connectivity index (χ3n) is 3.77. The Bertz CT molecular complexity index is 1050. The van der Waals surface area contributed by atoms with Crippen molar-refractivity contribution in [1.29, 1.82) is 0 Å². The Balaban J connectivity index is 1.64. The summed E-state index contributed by atoms with van der Waals surface area (Å²) < 4.78 is 1.95. The number of aryl methyl sites for hydroxylation is 1. The van der Waals surface area contributed by atoms with Crippen LogP contribution in [0.5, 0.6) is 0 Å². The summed E-state index contributed by atoms with van der Waals surface area (Å²) in [7, 11) is 1.94. The minimum absolute atomic E-state index is 0.166. The monoisotopic (exact) mass is 368 g/mol. The van der Waals surface area contributed by atoms with E-state index in [1.165, 1.54) is 11.8 Å². The second kappa shape index (κ2) is 6.38. The van der Waals surface area contributed by atoms with Gasteiger partial charge in [-0.15, -0.1) is 0 Å². The Hall–Kier alpha value is -2.57. The van der Waals surface area contributed by atoms with Crippen LogP contribution in [0.4, 0.5) is 5.69 Å². The fourth-order valence-corrected chi connectivity index (χ4v) is 3.53. The van der Waals surface area contributed by atoms with Crippen LogP contribution >= 0.6 is 23.4 Å². The van der Waals surface area contributed by atoms with Crippen molar-refractivity contribution in [3.05, 3.63) is 64.3 Å². The zero-order chi connectivity index (χ0) is 17.4. The van der Waals surface area contributed by atoms with Crippen LogP contribution < -0.4 is 5.32 Å². The number of imidazole rings is 1. The van der Waals surface area contributed by atoms with Crippen LogP contribution in [0.15, 0.2) is 58.7 Å². The number of hydrogen-bond acceptors (Lipinski definition) is 4. The summed E-state index contributed by atoms with van der Waals surface area (Å²) in [4.78, 5) is 21.5. The maximum absolute atomic E-state index is 12.2. The molecule has 5 nitrogen and oxygen atoms in total. The summed E-state index contributed by atoms with van der Waals surface area (Å²) in [5.41, 5.74) is 3.51. The Morgan fingerprint density at radius 2 is 2.12 bits per heavy atom. The van der Waals surface area contributed by atoms with E-state index in [1.807, 2.05) is 48.0 Å². The zero-order valence-corrected chi connectivity index (χ0v) is 14.8. The number of thioether (sulfide) groups is 1. The summed E-state index contributed by atoms with van der Waals surface area (Å²) in [6, 6.07) is 13.2. The van der Waals surface area contributed by atoms with Crippen LogP contribution in [-0.2, 0) is 11.8 Å². The van der Waals surface area contributed by atoms with E-state index in [2.05, 4.69) is 15.3 Å². The Labute approximate surface area is 153 Å². The van der Waals surface area contributed by atoms with Crippen molar-refractivity contribution in [3.8, 4) is 0 Å². The van der Waals surface area contributed by atoms with Crippen LogP contribution in [0, 0.1) is 0 Å². The molecule has 2 heterocycles. The van der Waals surface area contributed by atoms with E-state index in [4.69, 9.17) is 11.6 Å². The molecular formula is C18H13ClN4OS. The number of amides is 1. The minimum atomic E-state index is -0.166. The first-order chi connectivity index (χ1) is 12.1. The molecule has 0 aliphatic carbocycles. The lowest BCUT2D eigenvalue weighted by molar-refractivity contribution is -0.115. The summed E-state index contributed by atoms with van der Waals surface area (Å²) in [6.07, 6.45) is 3.62. The minimum Gasteiger partial charge on any atom is -0.334 e. The van der Waals surface area contributed by atoms with E-state index in [0.717, 1.165) is 16.6 Å². The van der Waals surface area contributed by atoms with Crippen LogP contribution in [0.3, 0.4) is 0 Å². The highest BCUT2D eigenvalue weighted by molar-refractivity contribution is 8.18. The second-order valence-corrected chi connectivity index (χ2v) is 6.97. The van der Waals surface area contributed by atoms with E-state index in [-0.39, 0.29) is 5.91 Å². The number of nitrogens with zero attached hydrogens (tertiary/aromatic N) is 3. The highest BCUT2D eigenvalue weighted by atomic mass is 35.5. The summed E-state index contributed by atoms with van der Waals surface area (Å²) >= 11 is 7.41. The van der Waals surface area contributed by atoms with Crippen molar-refractivity contribution in [2.45, 2.75) is 0 Å². The molecule has 0 atom stereocenters. The summed E-state index contributed by atoms with van der Waals surface area (Å²) in [5.74, 6) is -0.166. The van der Waals surface area contributed by atoms with Crippen molar-refractivity contribution in [1.82, 2.24) is 14.9 Å². The van der Waals surface area contributed by atoms with Crippen LogP contribution in [0.25, 0.3) is 17.1 Å². The standard InChI is InChI=1S/C18H13ClN4OS/c1-23-10-20-14-7-6-11(8-15(14)23)9-16-17(24)22-18(25-16)21-13-5-3-2-4-12(13)19/h2-10H,1H3,(H,21,22,24). The number of halogens is 1. The zero-order valence-electron chi connectivity index (χ0n) is 13.2. The van der Waals surface area contributed by atoms with Crippen LogP contribution in [0.2, 0.25) is 5.02 Å². The van der Waals surface area contributed by atoms with Crippen LogP contribution in [-0.4, -0.2) is 20.6 Å². The molecule has 2 aromatic carbocycles. The van der Waals surface area contributed by atoms with Gasteiger partial charge in [-0.25, -0.2) is 9.98 Å². The molecule has 0 saturated carbocycles. The van der Waals surface area contributed by atoms with Gasteiger partial charge in [0, 0.05) is 7.05 Å². The topological polar surface area (TPSA) is 59.3 Å². The number of nitrogens with one attached hydrogen (secondary N) is 1. The number of aromatic nitrogens is 2. The Morgan fingerprint density at radius 3 is 2.96 bits per heavy atom. The molecule has 0 unspecified atom stereocenters. The van der Waals surface area contributed by atoms with E-state index in [0.29, 0.717) is 20.8 Å². The first-order valence-corrected chi connectivity index (χ1v) is 8.75. The van der Waals surface area contributed by atoms with Gasteiger partial charge in [-0.3, -0.25) is 4.79 Å². The fraction of sp³-hybridized carbons (Fsp3) is 0.0556. The van der Waals surface area contributed by atoms with Gasteiger partial charge in [0.1, 0.15) is 0 Å². The van der Waals surface area contributed by atoms with Crippen molar-refractivity contribution in [2.24, 2.45) is 12.0 Å². The largest absolute Gasteiger partial charge is 0.334 e. The van der Waals surface area contributed by atoms with Crippen molar-refractivity contribution in [3.63, 3.8) is 0 Å². The summed E-state index contributed by atoms with van der Waals surface area (Å²) in [5, 5.41) is 3.84. The molecule has 1 aromatic heterocycles. The first kappa shape index (κ1) is 15.9. The smallest absolute Gasteiger partial charge is 0.264 e. The number of amidine groups is 1. The van der Waals surface area contributed by atoms with Gasteiger partial charge in [-0.05, 0) is 47.7 Å². The molecule has 1 saturated heterocycles. The molecule has 1 N–H and O–H groups in total. The van der Waals surface area contributed by atoms with Crippen molar-refractivity contribution in [2.75, 3.05) is 0 Å². The van der Waals surface area contributed by atoms with E-state index >= 15 is 0 Å². The molecule has 3 aromatic rings. The first-order valence-electron chi connectivity index (χ1n) is 7.55. The number of rotatable bonds is 2. The van der Waals surface area contributed by atoms with E-state index in [1.54, 1.807) is 18.5 Å². The van der Waals surface area contributed by atoms with Crippen LogP contribution in [0.1, 0.15) is 5.56 Å². The number of carbonyl (C=O) groups excluding carboxylic acids is 1. The second-order valence-electron chi connectivity index (χ2n) is 5.54. The third-order valence-corrected chi connectivity index (χ3v) is 5.00. The van der Waals surface area contributed by atoms with Gasteiger partial charge in [0.2, 0.25) is 0 Å². The van der Waals surface area contributed by atoms with Gasteiger partial charge < -0.3 is 9.88 Å². The lowest BCUT2D eigenvalue weighted by Crippen LogP contribution is -2.19. The highest BCUT2D eigenvalue weighted by Gasteiger charge is 2.24. The molecule has 0 radical (unpaired) electrons. The molecule has 1 fully saturated rings. The molecule has 0 bridgehead atoms. The van der Waals surface area contributed by atoms with Gasteiger partial charge in [0.25, 0.3) is 5.91 Å². The summed E-state index contributed by atoms with van der Waals surface area (Å²) in [6.45, 7) is 0. The van der Waals surface area contributed by atoms with Gasteiger partial charge in [-0.2, -0.15) is 0 Å². The van der Waals surface area contributed by atoms with Gasteiger partial charge >= 0.3 is 0 Å². The normalized spacial score (nSPS) is 17.6. The Morgan fingerprint density at radius 1 is 1.28 bits per heavy atom. The van der Waals surface area contributed by atoms with Crippen molar-refractivity contribution >= 4 is 57.2 Å². The molecule has 1 aliphatic heterocycles. The lowest BCUT2D eigenvalue weighted by atomic mass is 10.2. The molecule has 7 heteroatoms. The quantitative estimate of drug-likeness (QED) is 0.692. The lowest BCUT2D eigenvalue weighted by Gasteiger charge is -1.98. The van der Waals surface area contributed by atoms with Gasteiger partial charge in [0.15, 0.2) is 5.17 Å². The third kappa shape index (κ3) is 3.18. The SMILES string of the molecule is Cn1cnc2ccc(C=C3SC(=Nc4ccccc4Cl)NC3=O)cc21. The molecule has 0 spiro atoms. The predicted molar refractivity (Wildman–Crippen MR) is 103 cm³/mol. The molecule has 1 amide bonds. The molecule has 1 aliphatic rings. The molecule has 25 heavy (non-hydrogen) atoms. The average Bonchev–Trinajstić information content (AvgIpc) is 3.13. The van der Waals surface area contributed by atoms with E-state index in [9.17, 15) is 4.79 Å². The van der Waals surface area contributed by atoms with Gasteiger partial charge in [0.05, 0.1) is 33.0 Å². The maximum Gasteiger partial charge on any atom is 0.264 e. The maximum atomic E-state index is 12.2. The number of hydrogen-bond donors (Lipinski definition) is 1. The number of para-hydroxylation sites is 1. The van der Waals surface area contributed by atoms with Gasteiger partial charge in [-0.1, -0.05) is 29.8 Å². The van der Waals surface area contributed by atoms with Crippen molar-refractivity contribution < 1.29 is 4.79 Å².